The van der Waals surface area contributed by atoms with E-state index in [1.54, 1.807) is 6.20 Å². The molecule has 2 rings (SSSR count). The number of hydrogen-bond acceptors (Lipinski definition) is 2. The minimum absolute atomic E-state index is 0.593. The van der Waals surface area contributed by atoms with Gasteiger partial charge in [0.15, 0.2) is 0 Å². The average molecular weight is 212 g/mol. The van der Waals surface area contributed by atoms with Gasteiger partial charge >= 0.3 is 0 Å². The number of nitrogen functional groups attached to an aromatic ring is 1. The van der Waals surface area contributed by atoms with E-state index >= 15 is 0 Å². The molecule has 1 heterocycles. The summed E-state index contributed by atoms with van der Waals surface area (Å²) in [7, 11) is 0. The van der Waals surface area contributed by atoms with Crippen molar-refractivity contribution < 1.29 is 0 Å². The summed E-state index contributed by atoms with van der Waals surface area (Å²) in [6, 6.07) is 8.51. The van der Waals surface area contributed by atoms with Gasteiger partial charge in [0.05, 0.1) is 0 Å². The molecule has 1 aromatic carbocycles. The maximum absolute atomic E-state index is 5.91. The Morgan fingerprint density at radius 1 is 0.875 bits per heavy atom. The molecule has 0 aliphatic heterocycles. The van der Waals surface area contributed by atoms with Crippen molar-refractivity contribution >= 4 is 5.82 Å². The fourth-order valence-corrected chi connectivity index (χ4v) is 1.94. The van der Waals surface area contributed by atoms with Gasteiger partial charge in [-0.3, -0.25) is 0 Å². The van der Waals surface area contributed by atoms with Crippen LogP contribution in [-0.2, 0) is 0 Å². The number of hydrogen-bond donors (Lipinski definition) is 1. The van der Waals surface area contributed by atoms with E-state index in [1.807, 2.05) is 6.92 Å². The lowest BCUT2D eigenvalue weighted by Crippen LogP contribution is -1.95. The third kappa shape index (κ3) is 2.06. The minimum Gasteiger partial charge on any atom is -0.383 e. The molecule has 0 spiro atoms. The van der Waals surface area contributed by atoms with Crippen molar-refractivity contribution in [1.29, 1.82) is 0 Å². The molecule has 0 aliphatic rings. The van der Waals surface area contributed by atoms with Crippen LogP contribution in [0.1, 0.15) is 16.7 Å². The first kappa shape index (κ1) is 10.7. The van der Waals surface area contributed by atoms with Gasteiger partial charge in [0, 0.05) is 11.8 Å². The molecular formula is C14H16N2. The van der Waals surface area contributed by atoms with Crippen molar-refractivity contribution in [3.63, 3.8) is 0 Å². The highest BCUT2D eigenvalue weighted by Gasteiger charge is 2.05. The van der Waals surface area contributed by atoms with Gasteiger partial charge in [-0.25, -0.2) is 4.98 Å². The molecule has 0 unspecified atom stereocenters. The van der Waals surface area contributed by atoms with Crippen molar-refractivity contribution in [2.75, 3.05) is 5.73 Å². The zero-order valence-electron chi connectivity index (χ0n) is 9.91. The summed E-state index contributed by atoms with van der Waals surface area (Å²) < 4.78 is 0. The third-order valence-corrected chi connectivity index (χ3v) is 2.59. The fourth-order valence-electron chi connectivity index (χ4n) is 1.94. The first-order valence-corrected chi connectivity index (χ1v) is 5.37. The molecule has 0 aliphatic carbocycles. The Balaban J connectivity index is 2.62. The van der Waals surface area contributed by atoms with Crippen LogP contribution in [0, 0.1) is 20.8 Å². The van der Waals surface area contributed by atoms with Crippen LogP contribution in [0.25, 0.3) is 11.1 Å². The van der Waals surface area contributed by atoms with E-state index < -0.39 is 0 Å². The fraction of sp³-hybridized carbons (Fsp3) is 0.214. The Kier molecular flexibility index (Phi) is 2.65. The summed E-state index contributed by atoms with van der Waals surface area (Å²) in [5.41, 5.74) is 11.7. The molecule has 82 valence electrons. The molecule has 0 saturated carbocycles. The lowest BCUT2D eigenvalue weighted by molar-refractivity contribution is 1.27. The molecule has 0 fully saturated rings. The van der Waals surface area contributed by atoms with Gasteiger partial charge in [0.25, 0.3) is 0 Å². The topological polar surface area (TPSA) is 38.9 Å². The van der Waals surface area contributed by atoms with E-state index in [9.17, 15) is 0 Å². The van der Waals surface area contributed by atoms with E-state index in [1.165, 1.54) is 11.1 Å². The van der Waals surface area contributed by atoms with E-state index in [0.29, 0.717) is 5.82 Å². The average Bonchev–Trinajstić information content (AvgIpc) is 2.20. The van der Waals surface area contributed by atoms with Crippen molar-refractivity contribution in [3.8, 4) is 11.1 Å². The SMILES string of the molecule is Cc1cc(C)cc(-c2cc(C)cnc2N)c1. The smallest absolute Gasteiger partial charge is 0.131 e. The Labute approximate surface area is 96.1 Å². The van der Waals surface area contributed by atoms with Crippen LogP contribution >= 0.6 is 0 Å². The molecular weight excluding hydrogens is 196 g/mol. The number of anilines is 1. The van der Waals surface area contributed by atoms with Gasteiger partial charge < -0.3 is 5.73 Å². The summed E-state index contributed by atoms with van der Waals surface area (Å²) in [6.07, 6.45) is 1.79. The number of nitrogens with two attached hydrogens (primary N) is 1. The first-order chi connectivity index (χ1) is 7.56. The molecule has 0 atom stereocenters. The molecule has 0 radical (unpaired) electrons. The molecule has 2 aromatic rings. The molecule has 2 N–H and O–H groups in total. The zero-order valence-corrected chi connectivity index (χ0v) is 9.91. The zero-order chi connectivity index (χ0) is 11.7. The standard InChI is InChI=1S/C14H16N2/c1-9-4-10(2)6-12(5-9)13-7-11(3)8-16-14(13)15/h4-8H,1-3H3,(H2,15,16). The monoisotopic (exact) mass is 212 g/mol. The summed E-state index contributed by atoms with van der Waals surface area (Å²) in [6.45, 7) is 6.21. The molecule has 0 amide bonds. The number of rotatable bonds is 1. The summed E-state index contributed by atoms with van der Waals surface area (Å²) in [5.74, 6) is 0.593. The second-order valence-electron chi connectivity index (χ2n) is 4.32. The van der Waals surface area contributed by atoms with Crippen LogP contribution in [0.5, 0.6) is 0 Å². The number of aryl methyl sites for hydroxylation is 3. The molecule has 0 bridgehead atoms. The molecule has 0 saturated heterocycles. The number of aromatic nitrogens is 1. The van der Waals surface area contributed by atoms with E-state index in [-0.39, 0.29) is 0 Å². The normalized spacial score (nSPS) is 10.4. The Morgan fingerprint density at radius 3 is 2.12 bits per heavy atom. The highest BCUT2D eigenvalue weighted by molar-refractivity contribution is 5.75. The second kappa shape index (κ2) is 3.97. The van der Waals surface area contributed by atoms with Gasteiger partial charge in [-0.2, -0.15) is 0 Å². The van der Waals surface area contributed by atoms with Crippen LogP contribution in [0.3, 0.4) is 0 Å². The molecule has 2 nitrogen and oxygen atoms in total. The number of benzene rings is 1. The van der Waals surface area contributed by atoms with Crippen LogP contribution in [0.4, 0.5) is 5.82 Å². The predicted molar refractivity (Wildman–Crippen MR) is 68.3 cm³/mol. The Hall–Kier alpha value is -1.83. The van der Waals surface area contributed by atoms with Gasteiger partial charge in [-0.05, 0) is 38.0 Å². The maximum Gasteiger partial charge on any atom is 0.131 e. The van der Waals surface area contributed by atoms with Gasteiger partial charge in [0.1, 0.15) is 5.82 Å². The van der Waals surface area contributed by atoms with Crippen LogP contribution in [0.2, 0.25) is 0 Å². The first-order valence-electron chi connectivity index (χ1n) is 5.37. The summed E-state index contributed by atoms with van der Waals surface area (Å²) >= 11 is 0. The molecule has 1 aromatic heterocycles. The summed E-state index contributed by atoms with van der Waals surface area (Å²) in [4.78, 5) is 4.19. The van der Waals surface area contributed by atoms with Gasteiger partial charge in [0.2, 0.25) is 0 Å². The van der Waals surface area contributed by atoms with E-state index in [2.05, 4.69) is 43.1 Å². The minimum atomic E-state index is 0.593. The largest absolute Gasteiger partial charge is 0.383 e. The van der Waals surface area contributed by atoms with E-state index in [0.717, 1.165) is 16.7 Å². The van der Waals surface area contributed by atoms with Crippen LogP contribution in [0.15, 0.2) is 30.5 Å². The van der Waals surface area contributed by atoms with Crippen molar-refractivity contribution in [2.24, 2.45) is 0 Å². The van der Waals surface area contributed by atoms with Crippen LogP contribution < -0.4 is 5.73 Å². The summed E-state index contributed by atoms with van der Waals surface area (Å²) in [5, 5.41) is 0. The Bertz CT molecular complexity index is 510. The number of pyridine rings is 1. The second-order valence-corrected chi connectivity index (χ2v) is 4.32. The van der Waals surface area contributed by atoms with E-state index in [4.69, 9.17) is 5.73 Å². The lowest BCUT2D eigenvalue weighted by atomic mass is 10.0. The van der Waals surface area contributed by atoms with Gasteiger partial charge in [-0.1, -0.05) is 29.3 Å². The highest BCUT2D eigenvalue weighted by Crippen LogP contribution is 2.26. The maximum atomic E-state index is 5.91. The van der Waals surface area contributed by atoms with Crippen molar-refractivity contribution in [3.05, 3.63) is 47.2 Å². The molecule has 2 heteroatoms. The Morgan fingerprint density at radius 2 is 1.50 bits per heavy atom. The van der Waals surface area contributed by atoms with Crippen LogP contribution in [-0.4, -0.2) is 4.98 Å². The lowest BCUT2D eigenvalue weighted by Gasteiger charge is -2.08. The highest BCUT2D eigenvalue weighted by atomic mass is 14.8. The quantitative estimate of drug-likeness (QED) is 0.788. The van der Waals surface area contributed by atoms with Crippen molar-refractivity contribution in [1.82, 2.24) is 4.98 Å². The van der Waals surface area contributed by atoms with Gasteiger partial charge in [-0.15, -0.1) is 0 Å². The predicted octanol–water partition coefficient (Wildman–Crippen LogP) is 3.26. The van der Waals surface area contributed by atoms with Crippen molar-refractivity contribution in [2.45, 2.75) is 20.8 Å². The number of nitrogens with zero attached hydrogens (tertiary/aromatic N) is 1. The molecule has 16 heavy (non-hydrogen) atoms. The third-order valence-electron chi connectivity index (χ3n) is 2.59.